The zero-order valence-corrected chi connectivity index (χ0v) is 13.5. The Balaban J connectivity index is 2.59. The van der Waals surface area contributed by atoms with E-state index < -0.39 is 5.09 Å². The summed E-state index contributed by atoms with van der Waals surface area (Å²) in [7, 11) is 1.44. The van der Waals surface area contributed by atoms with Crippen molar-refractivity contribution in [2.75, 3.05) is 13.7 Å². The van der Waals surface area contributed by atoms with Gasteiger partial charge >= 0.3 is 5.09 Å². The molecule has 0 bridgehead atoms. The molecule has 0 saturated heterocycles. The fourth-order valence-electron chi connectivity index (χ4n) is 2.18. The van der Waals surface area contributed by atoms with Crippen molar-refractivity contribution in [3.05, 3.63) is 32.9 Å². The lowest BCUT2D eigenvalue weighted by atomic mass is 10.0. The fourth-order valence-corrected chi connectivity index (χ4v) is 2.18. The van der Waals surface area contributed by atoms with E-state index in [1.165, 1.54) is 7.11 Å². The Labute approximate surface area is 134 Å². The summed E-state index contributed by atoms with van der Waals surface area (Å²) in [4.78, 5) is 13.9. The van der Waals surface area contributed by atoms with Gasteiger partial charge in [-0.05, 0) is 33.1 Å². The number of hydrogen-bond donors (Lipinski definition) is 3. The van der Waals surface area contributed by atoms with Crippen molar-refractivity contribution in [2.24, 2.45) is 0 Å². The molecular weight excluding hydrogens is 304 g/mol. The Morgan fingerprint density at radius 1 is 1.22 bits per heavy atom. The van der Waals surface area contributed by atoms with E-state index in [-0.39, 0.29) is 17.2 Å². The van der Waals surface area contributed by atoms with Gasteiger partial charge in [0.05, 0.1) is 7.11 Å². The highest BCUT2D eigenvalue weighted by Crippen LogP contribution is 2.42. The first kappa shape index (κ1) is 18.6. The summed E-state index contributed by atoms with van der Waals surface area (Å²) in [5, 5.41) is 29.3. The third-order valence-corrected chi connectivity index (χ3v) is 3.45. The van der Waals surface area contributed by atoms with Gasteiger partial charge in [0.15, 0.2) is 11.5 Å². The first-order chi connectivity index (χ1) is 10.9. The van der Waals surface area contributed by atoms with E-state index in [1.54, 1.807) is 19.9 Å². The Kier molecular flexibility index (Phi) is 7.14. The molecule has 1 aromatic carbocycles. The average Bonchev–Trinajstić information content (AvgIpc) is 2.51. The van der Waals surface area contributed by atoms with Crippen LogP contribution < -0.4 is 10.2 Å². The highest BCUT2D eigenvalue weighted by atomic mass is 17.0. The maximum absolute atomic E-state index is 10.2. The van der Waals surface area contributed by atoms with Crippen LogP contribution in [-0.2, 0) is 4.94 Å². The summed E-state index contributed by atoms with van der Waals surface area (Å²) in [6.45, 7) is 3.75. The lowest BCUT2D eigenvalue weighted by Crippen LogP contribution is -2.19. The molecule has 0 heterocycles. The molecule has 0 radical (unpaired) electrons. The Morgan fingerprint density at radius 2 is 1.91 bits per heavy atom. The number of hydroxylamine groups is 1. The monoisotopic (exact) mass is 326 g/mol. The number of nitrogens with one attached hydrogen (secondary N) is 1. The molecule has 23 heavy (non-hydrogen) atoms. The van der Waals surface area contributed by atoms with Crippen molar-refractivity contribution >= 4 is 6.08 Å². The van der Waals surface area contributed by atoms with Crippen molar-refractivity contribution in [2.45, 2.75) is 33.1 Å². The summed E-state index contributed by atoms with van der Waals surface area (Å²) in [6, 6.07) is 0. The molecule has 0 amide bonds. The highest BCUT2D eigenvalue weighted by Gasteiger charge is 2.17. The summed E-state index contributed by atoms with van der Waals surface area (Å²) in [6.07, 6.45) is 5.85. The summed E-state index contributed by atoms with van der Waals surface area (Å²) in [5.74, 6) is 0.368. The molecule has 0 spiro atoms. The SMILES string of the molecule is COc1c(C)c(O)c(C=CCCCCNO[N+](=O)[O-])c(C)c1O. The van der Waals surface area contributed by atoms with Crippen molar-refractivity contribution in [3.63, 3.8) is 0 Å². The lowest BCUT2D eigenvalue weighted by Gasteiger charge is -2.14. The van der Waals surface area contributed by atoms with Gasteiger partial charge in [0.2, 0.25) is 0 Å². The number of allylic oxidation sites excluding steroid dienone is 1. The van der Waals surface area contributed by atoms with E-state index >= 15 is 0 Å². The van der Waals surface area contributed by atoms with Crippen LogP contribution in [0.15, 0.2) is 6.08 Å². The second-order valence-corrected chi connectivity index (χ2v) is 5.00. The normalized spacial score (nSPS) is 10.9. The van der Waals surface area contributed by atoms with Gasteiger partial charge in [-0.1, -0.05) is 12.2 Å². The number of aromatic hydroxyl groups is 2. The van der Waals surface area contributed by atoms with E-state index in [9.17, 15) is 20.3 Å². The summed E-state index contributed by atoms with van der Waals surface area (Å²) in [5.41, 5.74) is 3.81. The maximum atomic E-state index is 10.2. The van der Waals surface area contributed by atoms with Crippen molar-refractivity contribution in [1.82, 2.24) is 5.48 Å². The minimum atomic E-state index is -0.899. The van der Waals surface area contributed by atoms with Crippen molar-refractivity contribution < 1.29 is 25.0 Å². The number of nitrogens with zero attached hydrogens (tertiary/aromatic N) is 1. The van der Waals surface area contributed by atoms with Crippen LogP contribution in [0, 0.1) is 24.0 Å². The van der Waals surface area contributed by atoms with Gasteiger partial charge in [0.25, 0.3) is 0 Å². The second kappa shape index (κ2) is 8.84. The van der Waals surface area contributed by atoms with E-state index in [1.807, 2.05) is 6.08 Å². The molecule has 0 aliphatic heterocycles. The first-order valence-electron chi connectivity index (χ1n) is 7.20. The van der Waals surface area contributed by atoms with Crippen LogP contribution in [0.1, 0.15) is 36.0 Å². The number of rotatable bonds is 9. The Bertz CT molecular complexity index is 557. The van der Waals surface area contributed by atoms with Gasteiger partial charge in [0.1, 0.15) is 5.75 Å². The molecule has 1 aromatic rings. The number of methoxy groups -OCH3 is 1. The second-order valence-electron chi connectivity index (χ2n) is 5.00. The van der Waals surface area contributed by atoms with Gasteiger partial charge in [-0.25, -0.2) is 4.94 Å². The number of unbranched alkanes of at least 4 members (excludes halogenated alkanes) is 2. The van der Waals surface area contributed by atoms with Crippen LogP contribution in [0.4, 0.5) is 0 Å². The molecule has 0 aliphatic carbocycles. The quantitative estimate of drug-likeness (QED) is 0.276. The third-order valence-electron chi connectivity index (χ3n) is 3.45. The van der Waals surface area contributed by atoms with E-state index in [0.717, 1.165) is 12.8 Å². The summed E-state index contributed by atoms with van der Waals surface area (Å²) < 4.78 is 5.09. The van der Waals surface area contributed by atoms with Crippen molar-refractivity contribution in [3.8, 4) is 17.2 Å². The highest BCUT2D eigenvalue weighted by molar-refractivity contribution is 5.70. The molecule has 0 aliphatic rings. The summed E-state index contributed by atoms with van der Waals surface area (Å²) >= 11 is 0. The van der Waals surface area contributed by atoms with Crippen LogP contribution >= 0.6 is 0 Å². The molecule has 3 N–H and O–H groups in total. The van der Waals surface area contributed by atoms with Crippen LogP contribution in [0.5, 0.6) is 17.2 Å². The Morgan fingerprint density at radius 3 is 2.52 bits per heavy atom. The van der Waals surface area contributed by atoms with Gasteiger partial charge in [-0.2, -0.15) is 5.48 Å². The first-order valence-corrected chi connectivity index (χ1v) is 7.20. The number of phenolic OH excluding ortho intramolecular Hbond substituents is 2. The fraction of sp³-hybridized carbons (Fsp3) is 0.467. The van der Waals surface area contributed by atoms with Crippen LogP contribution in [-0.4, -0.2) is 29.0 Å². The van der Waals surface area contributed by atoms with Crippen LogP contribution in [0.25, 0.3) is 6.08 Å². The molecule has 0 aromatic heterocycles. The topological polar surface area (TPSA) is 114 Å². The van der Waals surface area contributed by atoms with E-state index in [2.05, 4.69) is 10.4 Å². The van der Waals surface area contributed by atoms with Gasteiger partial charge in [0, 0.05) is 23.2 Å². The molecule has 8 heteroatoms. The largest absolute Gasteiger partial charge is 0.507 e. The average molecular weight is 326 g/mol. The smallest absolute Gasteiger partial charge is 0.311 e. The maximum Gasteiger partial charge on any atom is 0.311 e. The van der Waals surface area contributed by atoms with Crippen molar-refractivity contribution in [1.29, 1.82) is 0 Å². The standard InChI is InChI=1S/C15H22N2O6/c1-10-12(13(18)11(2)15(22-3)14(10)19)8-6-4-5-7-9-16-23-17(20)21/h6,8,16,18-19H,4-5,7,9H2,1-3H3. The number of ether oxygens (including phenoxy) is 1. The van der Waals surface area contributed by atoms with Crippen LogP contribution in [0.2, 0.25) is 0 Å². The lowest BCUT2D eigenvalue weighted by molar-refractivity contribution is -0.776. The van der Waals surface area contributed by atoms with Crippen LogP contribution in [0.3, 0.4) is 0 Å². The minimum absolute atomic E-state index is 0.0172. The molecule has 0 saturated carbocycles. The number of benzene rings is 1. The predicted octanol–water partition coefficient (Wildman–Crippen LogP) is 2.62. The molecule has 8 nitrogen and oxygen atoms in total. The number of hydrogen-bond acceptors (Lipinski definition) is 7. The minimum Gasteiger partial charge on any atom is -0.507 e. The molecule has 128 valence electrons. The molecular formula is C15H22N2O6. The van der Waals surface area contributed by atoms with Gasteiger partial charge in [-0.15, -0.1) is 10.1 Å². The number of phenols is 2. The predicted molar refractivity (Wildman–Crippen MR) is 84.8 cm³/mol. The molecule has 0 unspecified atom stereocenters. The molecule has 0 fully saturated rings. The molecule has 1 rings (SSSR count). The third kappa shape index (κ3) is 5.03. The zero-order valence-electron chi connectivity index (χ0n) is 13.5. The Hall–Kier alpha value is -2.48. The van der Waals surface area contributed by atoms with Gasteiger partial charge in [-0.3, -0.25) is 0 Å². The zero-order chi connectivity index (χ0) is 17.4. The van der Waals surface area contributed by atoms with E-state index in [4.69, 9.17) is 4.74 Å². The van der Waals surface area contributed by atoms with E-state index in [0.29, 0.717) is 29.7 Å². The van der Waals surface area contributed by atoms with Gasteiger partial charge < -0.3 is 14.9 Å². The molecule has 0 atom stereocenters.